The first kappa shape index (κ1) is 20.5. The quantitative estimate of drug-likeness (QED) is 0.623. The van der Waals surface area contributed by atoms with Gasteiger partial charge in [-0.1, -0.05) is 23.7 Å². The minimum atomic E-state index is -0.266. The molecule has 1 heterocycles. The average Bonchev–Trinajstić information content (AvgIpc) is 2.72. The lowest BCUT2D eigenvalue weighted by Crippen LogP contribution is -2.35. The van der Waals surface area contributed by atoms with E-state index in [1.165, 1.54) is 0 Å². The highest BCUT2D eigenvalue weighted by Gasteiger charge is 2.15. The minimum absolute atomic E-state index is 0.139. The van der Waals surface area contributed by atoms with E-state index in [0.29, 0.717) is 33.9 Å². The van der Waals surface area contributed by atoms with Crippen LogP contribution in [-0.4, -0.2) is 39.8 Å². The number of aromatic amines is 1. The monoisotopic (exact) mass is 412 g/mol. The first-order valence-corrected chi connectivity index (χ1v) is 9.65. The second-order valence-corrected chi connectivity index (χ2v) is 6.89. The van der Waals surface area contributed by atoms with E-state index in [1.807, 2.05) is 13.0 Å². The van der Waals surface area contributed by atoms with Gasteiger partial charge >= 0.3 is 0 Å². The van der Waals surface area contributed by atoms with Crippen LogP contribution in [0.2, 0.25) is 5.02 Å². The standard InChI is InChI=1S/C21H21ClN4O3/c1-2-26(13-18-24-17-6-4-3-5-16(17)21(29)25-18)19(27)11-12-23-20(28)14-7-9-15(22)10-8-14/h3-10H,2,11-13H2,1H3,(H,23,28)(H,24,25,29). The van der Waals surface area contributed by atoms with E-state index < -0.39 is 0 Å². The normalized spacial score (nSPS) is 10.7. The lowest BCUT2D eigenvalue weighted by Gasteiger charge is -2.20. The predicted octanol–water partition coefficient (Wildman–Crippen LogP) is 2.75. The third-order valence-corrected chi connectivity index (χ3v) is 4.72. The fourth-order valence-electron chi connectivity index (χ4n) is 2.91. The van der Waals surface area contributed by atoms with Gasteiger partial charge in [-0.2, -0.15) is 0 Å². The van der Waals surface area contributed by atoms with Gasteiger partial charge in [0.2, 0.25) is 5.91 Å². The molecule has 0 bridgehead atoms. The summed E-state index contributed by atoms with van der Waals surface area (Å²) in [6, 6.07) is 13.6. The Balaban J connectivity index is 1.58. The molecule has 2 aromatic carbocycles. The van der Waals surface area contributed by atoms with Crippen LogP contribution in [0.4, 0.5) is 0 Å². The van der Waals surface area contributed by atoms with E-state index in [9.17, 15) is 14.4 Å². The molecular weight excluding hydrogens is 392 g/mol. The summed E-state index contributed by atoms with van der Waals surface area (Å²) in [6.07, 6.45) is 0.144. The smallest absolute Gasteiger partial charge is 0.258 e. The molecule has 0 fully saturated rings. The van der Waals surface area contributed by atoms with Gasteiger partial charge in [-0.3, -0.25) is 14.4 Å². The van der Waals surface area contributed by atoms with Crippen molar-refractivity contribution in [3.8, 4) is 0 Å². The molecule has 1 aromatic heterocycles. The largest absolute Gasteiger partial charge is 0.352 e. The summed E-state index contributed by atoms with van der Waals surface area (Å²) in [7, 11) is 0. The molecule has 0 atom stereocenters. The number of carbonyl (C=O) groups excluding carboxylic acids is 2. The number of para-hydroxylation sites is 1. The zero-order valence-electron chi connectivity index (χ0n) is 15.9. The fourth-order valence-corrected chi connectivity index (χ4v) is 3.04. The van der Waals surface area contributed by atoms with Crippen molar-refractivity contribution in [2.75, 3.05) is 13.1 Å². The lowest BCUT2D eigenvalue weighted by atomic mass is 10.2. The molecule has 0 aliphatic heterocycles. The molecule has 2 amide bonds. The molecule has 0 spiro atoms. The number of nitrogens with zero attached hydrogens (tertiary/aromatic N) is 2. The van der Waals surface area contributed by atoms with E-state index in [1.54, 1.807) is 47.4 Å². The lowest BCUT2D eigenvalue weighted by molar-refractivity contribution is -0.131. The Bertz CT molecular complexity index is 1080. The van der Waals surface area contributed by atoms with Gasteiger partial charge in [0.05, 0.1) is 17.4 Å². The second-order valence-electron chi connectivity index (χ2n) is 6.45. The fraction of sp³-hybridized carbons (Fsp3) is 0.238. The molecule has 8 heteroatoms. The highest BCUT2D eigenvalue weighted by atomic mass is 35.5. The van der Waals surface area contributed by atoms with E-state index in [0.717, 1.165) is 0 Å². The highest BCUT2D eigenvalue weighted by Crippen LogP contribution is 2.10. The minimum Gasteiger partial charge on any atom is -0.352 e. The number of amides is 2. The number of H-pyrrole nitrogens is 1. The number of hydrogen-bond acceptors (Lipinski definition) is 4. The van der Waals surface area contributed by atoms with Crippen LogP contribution in [0.15, 0.2) is 53.3 Å². The van der Waals surface area contributed by atoms with Crippen molar-refractivity contribution in [2.45, 2.75) is 19.9 Å². The maximum Gasteiger partial charge on any atom is 0.258 e. The molecule has 0 saturated heterocycles. The van der Waals surface area contributed by atoms with Crippen LogP contribution in [0, 0.1) is 0 Å². The zero-order valence-corrected chi connectivity index (χ0v) is 16.7. The molecule has 29 heavy (non-hydrogen) atoms. The van der Waals surface area contributed by atoms with Gasteiger partial charge in [0.1, 0.15) is 5.82 Å². The van der Waals surface area contributed by atoms with E-state index >= 15 is 0 Å². The number of hydrogen-bond donors (Lipinski definition) is 2. The van der Waals surface area contributed by atoms with E-state index in [4.69, 9.17) is 11.6 Å². The number of halogens is 1. The van der Waals surface area contributed by atoms with Crippen LogP contribution in [0.3, 0.4) is 0 Å². The van der Waals surface area contributed by atoms with Gasteiger partial charge in [-0.25, -0.2) is 4.98 Å². The maximum atomic E-state index is 12.5. The summed E-state index contributed by atoms with van der Waals surface area (Å²) >= 11 is 5.81. The molecule has 3 aromatic rings. The number of benzene rings is 2. The molecular formula is C21H21ClN4O3. The molecule has 3 rings (SSSR count). The number of rotatable bonds is 7. The SMILES string of the molecule is CCN(Cc1nc2ccccc2c(=O)[nH]1)C(=O)CCNC(=O)c1ccc(Cl)cc1. The van der Waals surface area contributed by atoms with Gasteiger partial charge < -0.3 is 15.2 Å². The van der Waals surface area contributed by atoms with E-state index in [2.05, 4.69) is 15.3 Å². The Morgan fingerprint density at radius 1 is 1.14 bits per heavy atom. The van der Waals surface area contributed by atoms with Crippen molar-refractivity contribution in [3.05, 3.63) is 75.3 Å². The van der Waals surface area contributed by atoms with Crippen LogP contribution >= 0.6 is 11.6 Å². The van der Waals surface area contributed by atoms with Gasteiger partial charge in [0, 0.05) is 30.1 Å². The number of fused-ring (bicyclic) bond motifs is 1. The summed E-state index contributed by atoms with van der Waals surface area (Å²) in [5, 5.41) is 3.78. The summed E-state index contributed by atoms with van der Waals surface area (Å²) in [5.41, 5.74) is 0.835. The van der Waals surface area contributed by atoms with Crippen molar-refractivity contribution >= 4 is 34.3 Å². The molecule has 0 unspecified atom stereocenters. The van der Waals surface area contributed by atoms with Crippen molar-refractivity contribution < 1.29 is 9.59 Å². The summed E-state index contributed by atoms with van der Waals surface area (Å²) in [5.74, 6) is 0.0202. The molecule has 150 valence electrons. The molecule has 0 aliphatic rings. The third kappa shape index (κ3) is 5.20. The van der Waals surface area contributed by atoms with Crippen LogP contribution < -0.4 is 10.9 Å². The zero-order chi connectivity index (χ0) is 20.8. The maximum absolute atomic E-state index is 12.5. The van der Waals surface area contributed by atoms with Crippen LogP contribution in [0.25, 0.3) is 10.9 Å². The Hall–Kier alpha value is -3.19. The predicted molar refractivity (Wildman–Crippen MR) is 112 cm³/mol. The summed E-state index contributed by atoms with van der Waals surface area (Å²) in [4.78, 5) is 45.6. The van der Waals surface area contributed by atoms with Crippen molar-refractivity contribution in [1.82, 2.24) is 20.2 Å². The Morgan fingerprint density at radius 3 is 2.59 bits per heavy atom. The van der Waals surface area contributed by atoms with Crippen LogP contribution in [0.1, 0.15) is 29.5 Å². The Labute approximate surface area is 172 Å². The molecule has 2 N–H and O–H groups in total. The van der Waals surface area contributed by atoms with Gasteiger partial charge in [0.15, 0.2) is 0 Å². The van der Waals surface area contributed by atoms with Crippen molar-refractivity contribution in [2.24, 2.45) is 0 Å². The van der Waals surface area contributed by atoms with Crippen molar-refractivity contribution in [1.29, 1.82) is 0 Å². The summed E-state index contributed by atoms with van der Waals surface area (Å²) < 4.78 is 0. The van der Waals surface area contributed by atoms with Crippen LogP contribution in [-0.2, 0) is 11.3 Å². The Morgan fingerprint density at radius 2 is 1.86 bits per heavy atom. The average molecular weight is 413 g/mol. The van der Waals surface area contributed by atoms with Gasteiger partial charge in [0.25, 0.3) is 11.5 Å². The molecule has 0 radical (unpaired) electrons. The third-order valence-electron chi connectivity index (χ3n) is 4.47. The first-order valence-electron chi connectivity index (χ1n) is 9.27. The van der Waals surface area contributed by atoms with Gasteiger partial charge in [-0.15, -0.1) is 0 Å². The van der Waals surface area contributed by atoms with Gasteiger partial charge in [-0.05, 0) is 43.3 Å². The number of nitrogens with one attached hydrogen (secondary N) is 2. The van der Waals surface area contributed by atoms with Crippen LogP contribution in [0.5, 0.6) is 0 Å². The van der Waals surface area contributed by atoms with Crippen molar-refractivity contribution in [3.63, 3.8) is 0 Å². The second kappa shape index (κ2) is 9.34. The molecule has 0 saturated carbocycles. The molecule has 0 aliphatic carbocycles. The summed E-state index contributed by atoms with van der Waals surface area (Å²) in [6.45, 7) is 2.71. The number of carbonyl (C=O) groups is 2. The topological polar surface area (TPSA) is 95.2 Å². The molecule has 7 nitrogen and oxygen atoms in total. The first-order chi connectivity index (χ1) is 14.0. The van der Waals surface area contributed by atoms with E-state index in [-0.39, 0.29) is 36.9 Å². The highest BCUT2D eigenvalue weighted by molar-refractivity contribution is 6.30. The Kier molecular flexibility index (Phi) is 6.61. The number of aromatic nitrogens is 2.